The van der Waals surface area contributed by atoms with Crippen LogP contribution in [0.25, 0.3) is 0 Å². The predicted molar refractivity (Wildman–Crippen MR) is 103 cm³/mol. The Hall–Kier alpha value is -2.13. The molecule has 1 N–H and O–H groups in total. The first-order valence-electron chi connectivity index (χ1n) is 7.96. The van der Waals surface area contributed by atoms with E-state index >= 15 is 0 Å². The Kier molecular flexibility index (Phi) is 5.92. The zero-order valence-corrected chi connectivity index (χ0v) is 17.3. The minimum absolute atomic E-state index is 0.0412. The van der Waals surface area contributed by atoms with Gasteiger partial charge in [0.25, 0.3) is 15.9 Å². The minimum atomic E-state index is -3.91. The Bertz CT molecular complexity index is 918. The van der Waals surface area contributed by atoms with Crippen LogP contribution in [0.4, 0.5) is 5.13 Å². The number of thiazole rings is 1. The first kappa shape index (κ1) is 20.2. The number of carbonyl (C=O) groups excluding carboxylic acids is 1. The van der Waals surface area contributed by atoms with E-state index < -0.39 is 10.0 Å². The van der Waals surface area contributed by atoms with Gasteiger partial charge in [0, 0.05) is 14.1 Å². The zero-order valence-electron chi connectivity index (χ0n) is 15.7. The van der Waals surface area contributed by atoms with Crippen LogP contribution < -0.4 is 9.46 Å². The van der Waals surface area contributed by atoms with Crippen molar-refractivity contribution in [2.24, 2.45) is 0 Å². The molecule has 9 heteroatoms. The number of carbonyl (C=O) groups is 1. The molecule has 1 aromatic heterocycles. The van der Waals surface area contributed by atoms with Crippen molar-refractivity contribution in [3.8, 4) is 5.75 Å². The molecule has 1 heterocycles. The smallest absolute Gasteiger partial charge is 0.267 e. The zero-order chi connectivity index (χ0) is 19.6. The van der Waals surface area contributed by atoms with Crippen molar-refractivity contribution in [2.75, 3.05) is 25.9 Å². The Morgan fingerprint density at radius 3 is 2.50 bits per heavy atom. The second kappa shape index (κ2) is 7.63. The molecule has 0 saturated carbocycles. The number of hydrogen-bond donors (Lipinski definition) is 1. The van der Waals surface area contributed by atoms with Crippen molar-refractivity contribution in [2.45, 2.75) is 31.6 Å². The van der Waals surface area contributed by atoms with Gasteiger partial charge < -0.3 is 9.64 Å². The first-order chi connectivity index (χ1) is 12.1. The summed E-state index contributed by atoms with van der Waals surface area (Å²) in [7, 11) is 0.773. The number of nitrogens with one attached hydrogen (secondary N) is 1. The number of aromatic nitrogens is 1. The summed E-state index contributed by atoms with van der Waals surface area (Å²) in [6, 6.07) is 5.07. The van der Waals surface area contributed by atoms with Gasteiger partial charge in [-0.2, -0.15) is 0 Å². The maximum absolute atomic E-state index is 12.9. The number of benzene rings is 1. The fraction of sp³-hybridized carbons (Fsp3) is 0.412. The summed E-state index contributed by atoms with van der Waals surface area (Å²) < 4.78 is 33.4. The van der Waals surface area contributed by atoms with Gasteiger partial charge in [0.05, 0.1) is 12.8 Å². The van der Waals surface area contributed by atoms with Crippen molar-refractivity contribution in [3.63, 3.8) is 0 Å². The molecule has 0 aliphatic carbocycles. The van der Waals surface area contributed by atoms with E-state index in [1.54, 1.807) is 33.2 Å². The Morgan fingerprint density at radius 1 is 1.31 bits per heavy atom. The molecule has 7 nitrogen and oxygen atoms in total. The van der Waals surface area contributed by atoms with Gasteiger partial charge in [0.1, 0.15) is 15.5 Å². The second-order valence-electron chi connectivity index (χ2n) is 6.30. The Labute approximate surface area is 158 Å². The van der Waals surface area contributed by atoms with Crippen LogP contribution in [0.15, 0.2) is 23.1 Å². The fourth-order valence-corrected chi connectivity index (χ4v) is 4.70. The molecule has 0 saturated heterocycles. The number of sulfonamides is 1. The molecule has 0 atom stereocenters. The average Bonchev–Trinajstić information content (AvgIpc) is 2.92. The highest BCUT2D eigenvalue weighted by molar-refractivity contribution is 7.93. The van der Waals surface area contributed by atoms with Crippen LogP contribution in [0.3, 0.4) is 0 Å². The quantitative estimate of drug-likeness (QED) is 0.809. The molecule has 0 aliphatic rings. The maximum atomic E-state index is 12.9. The van der Waals surface area contributed by atoms with Crippen molar-refractivity contribution in [3.05, 3.63) is 34.3 Å². The summed E-state index contributed by atoms with van der Waals surface area (Å²) in [5.74, 6) is 0.200. The second-order valence-corrected chi connectivity index (χ2v) is 8.95. The molecule has 0 bridgehead atoms. The molecule has 0 radical (unpaired) electrons. The minimum Gasteiger partial charge on any atom is -0.495 e. The van der Waals surface area contributed by atoms with Crippen LogP contribution in [0, 0.1) is 6.92 Å². The Morgan fingerprint density at radius 2 is 1.96 bits per heavy atom. The van der Waals surface area contributed by atoms with Gasteiger partial charge in [-0.3, -0.25) is 9.52 Å². The number of aryl methyl sites for hydroxylation is 1. The number of methoxy groups -OCH3 is 1. The molecular formula is C17H23N3O4S2. The lowest BCUT2D eigenvalue weighted by molar-refractivity contribution is 0.0831. The molecule has 2 aromatic rings. The van der Waals surface area contributed by atoms with Crippen molar-refractivity contribution < 1.29 is 17.9 Å². The predicted octanol–water partition coefficient (Wildman–Crippen LogP) is 3.09. The van der Waals surface area contributed by atoms with E-state index in [4.69, 9.17) is 4.74 Å². The number of anilines is 1. The van der Waals surface area contributed by atoms with E-state index in [1.807, 2.05) is 19.9 Å². The van der Waals surface area contributed by atoms with Gasteiger partial charge in [0.15, 0.2) is 5.13 Å². The number of nitrogens with zero attached hydrogens (tertiary/aromatic N) is 2. The van der Waals surface area contributed by atoms with Gasteiger partial charge in [-0.15, -0.1) is 0 Å². The lowest BCUT2D eigenvalue weighted by atomic mass is 10.0. The summed E-state index contributed by atoms with van der Waals surface area (Å²) in [5.41, 5.74) is 1.36. The molecule has 26 heavy (non-hydrogen) atoms. The molecule has 0 aliphatic heterocycles. The topological polar surface area (TPSA) is 88.6 Å². The molecule has 0 spiro atoms. The normalized spacial score (nSPS) is 11.5. The van der Waals surface area contributed by atoms with Crippen LogP contribution in [0.1, 0.15) is 40.7 Å². The molecule has 2 rings (SSSR count). The third kappa shape index (κ3) is 4.16. The largest absolute Gasteiger partial charge is 0.495 e. The summed E-state index contributed by atoms with van der Waals surface area (Å²) in [6.07, 6.45) is 0. The van der Waals surface area contributed by atoms with E-state index in [0.29, 0.717) is 10.6 Å². The monoisotopic (exact) mass is 397 g/mol. The molecule has 0 fully saturated rings. The van der Waals surface area contributed by atoms with Crippen LogP contribution in [0.2, 0.25) is 0 Å². The highest BCUT2D eigenvalue weighted by Gasteiger charge is 2.24. The summed E-state index contributed by atoms with van der Waals surface area (Å²) in [5, 5.41) is 0.143. The van der Waals surface area contributed by atoms with Crippen molar-refractivity contribution in [1.82, 2.24) is 9.88 Å². The standard InChI is InChI=1S/C17H23N3O4S2/c1-10(2)12-7-8-13(24-6)14(9-12)26(22,23)19-17-18-11(3)15(25-17)16(21)20(4)5/h7-10H,1-6H3,(H,18,19). The lowest BCUT2D eigenvalue weighted by Crippen LogP contribution is -2.21. The summed E-state index contributed by atoms with van der Waals surface area (Å²) in [6.45, 7) is 5.63. The van der Waals surface area contributed by atoms with E-state index in [0.717, 1.165) is 16.9 Å². The summed E-state index contributed by atoms with van der Waals surface area (Å²) in [4.78, 5) is 18.2. The Balaban J connectivity index is 2.42. The SMILES string of the molecule is COc1ccc(C(C)C)cc1S(=O)(=O)Nc1nc(C)c(C(=O)N(C)C)s1. The molecule has 142 valence electrons. The molecule has 1 aromatic carbocycles. The third-order valence-electron chi connectivity index (χ3n) is 3.76. The third-order valence-corrected chi connectivity index (χ3v) is 6.31. The van der Waals surface area contributed by atoms with Gasteiger partial charge >= 0.3 is 0 Å². The number of hydrogen-bond acceptors (Lipinski definition) is 6. The fourth-order valence-electron chi connectivity index (χ4n) is 2.27. The van der Waals surface area contributed by atoms with E-state index in [1.165, 1.54) is 12.0 Å². The van der Waals surface area contributed by atoms with Gasteiger partial charge in [-0.1, -0.05) is 31.3 Å². The van der Waals surface area contributed by atoms with Gasteiger partial charge in [-0.25, -0.2) is 13.4 Å². The highest BCUT2D eigenvalue weighted by Crippen LogP contribution is 2.31. The number of rotatable bonds is 6. The van der Waals surface area contributed by atoms with E-state index in [-0.39, 0.29) is 27.6 Å². The van der Waals surface area contributed by atoms with Gasteiger partial charge in [0.2, 0.25) is 0 Å². The van der Waals surface area contributed by atoms with Crippen molar-refractivity contribution >= 4 is 32.4 Å². The lowest BCUT2D eigenvalue weighted by Gasteiger charge is -2.13. The molecule has 0 unspecified atom stereocenters. The maximum Gasteiger partial charge on any atom is 0.267 e. The number of ether oxygens (including phenoxy) is 1. The first-order valence-corrected chi connectivity index (χ1v) is 10.3. The highest BCUT2D eigenvalue weighted by atomic mass is 32.2. The van der Waals surface area contributed by atoms with Crippen LogP contribution in [-0.2, 0) is 10.0 Å². The molecule has 1 amide bonds. The molecular weight excluding hydrogens is 374 g/mol. The van der Waals surface area contributed by atoms with Crippen LogP contribution >= 0.6 is 11.3 Å². The summed E-state index contributed by atoms with van der Waals surface area (Å²) >= 11 is 1.01. The van der Waals surface area contributed by atoms with E-state index in [2.05, 4.69) is 9.71 Å². The van der Waals surface area contributed by atoms with E-state index in [9.17, 15) is 13.2 Å². The van der Waals surface area contributed by atoms with Crippen molar-refractivity contribution in [1.29, 1.82) is 0 Å². The van der Waals surface area contributed by atoms with Gasteiger partial charge in [-0.05, 0) is 30.5 Å². The number of amides is 1. The average molecular weight is 398 g/mol. The van der Waals surface area contributed by atoms with Crippen LogP contribution in [0.5, 0.6) is 5.75 Å². The van der Waals surface area contributed by atoms with Crippen LogP contribution in [-0.4, -0.2) is 45.4 Å².